The lowest BCUT2D eigenvalue weighted by molar-refractivity contribution is -0.141. The van der Waals surface area contributed by atoms with E-state index >= 15 is 8.78 Å². The van der Waals surface area contributed by atoms with Crippen molar-refractivity contribution in [3.63, 3.8) is 0 Å². The maximum Gasteiger partial charge on any atom is 0.341 e. The minimum absolute atomic E-state index is 0. The molecule has 0 bridgehead atoms. The first-order valence-corrected chi connectivity index (χ1v) is 15.5. The highest BCUT2D eigenvalue weighted by Gasteiger charge is 2.45. The Labute approximate surface area is 304 Å². The number of likely N-dealkylation sites (tertiary alicyclic amines) is 1. The van der Waals surface area contributed by atoms with Crippen molar-refractivity contribution in [3.05, 3.63) is 118 Å². The molecule has 5 rings (SSSR count). The number of carbonyl (C=O) groups excluding carboxylic acids is 3. The summed E-state index contributed by atoms with van der Waals surface area (Å²) in [6, 6.07) is 10.8. The van der Waals surface area contributed by atoms with Gasteiger partial charge < -0.3 is 19.7 Å². The first-order chi connectivity index (χ1) is 23.5. The largest absolute Gasteiger partial charge is 0.466 e. The molecule has 51 heavy (non-hydrogen) atoms. The first-order valence-electron chi connectivity index (χ1n) is 15.5. The number of hydrazine groups is 1. The summed E-state index contributed by atoms with van der Waals surface area (Å²) in [6.07, 6.45) is 1.80. The number of benzene rings is 3. The number of methoxy groups -OCH3 is 2. The van der Waals surface area contributed by atoms with Crippen LogP contribution in [0, 0.1) is 29.1 Å². The molecule has 1 fully saturated rings. The number of urea groups is 1. The number of nitrogens with one attached hydrogen (secondary N) is 1. The van der Waals surface area contributed by atoms with Gasteiger partial charge in [0.05, 0.1) is 30.6 Å². The Morgan fingerprint density at radius 2 is 1.45 bits per heavy atom. The van der Waals surface area contributed by atoms with Crippen LogP contribution < -0.4 is 5.32 Å². The zero-order valence-electron chi connectivity index (χ0n) is 27.7. The molecule has 1 N–H and O–H groups in total. The fourth-order valence-corrected chi connectivity index (χ4v) is 6.69. The Morgan fingerprint density at radius 1 is 0.902 bits per heavy atom. The number of carbonyl (C=O) groups is 3. The minimum Gasteiger partial charge on any atom is -0.466 e. The summed E-state index contributed by atoms with van der Waals surface area (Å²) < 4.78 is 82.5. The molecule has 16 heteroatoms. The second-order valence-electron chi connectivity index (χ2n) is 11.8. The normalized spacial score (nSPS) is 17.2. The van der Waals surface area contributed by atoms with E-state index in [1.165, 1.54) is 31.4 Å². The van der Waals surface area contributed by atoms with Crippen LogP contribution in [0.15, 0.2) is 71.9 Å². The van der Waals surface area contributed by atoms with Crippen LogP contribution in [0.5, 0.6) is 0 Å². The van der Waals surface area contributed by atoms with Crippen LogP contribution >= 0.6 is 24.8 Å². The standard InChI is InChI=1S/C35H35F5N4O5.2ClH/c1-48-20-28-30(33(46)49-2)32(29-26(38)12-13-27(39)31(29)40)44(34(47)41-28)43(21-45)17-3-16-42-18-14-35(15-19-42,22-4-8-24(36)9-5-22)23-6-10-25(37)11-7-23;;/h4-13,21,32H,3,14-20H2,1-2H3,(H,41,47);2*1H. The predicted molar refractivity (Wildman–Crippen MR) is 181 cm³/mol. The zero-order chi connectivity index (χ0) is 35.3. The van der Waals surface area contributed by atoms with Gasteiger partial charge in [0.2, 0.25) is 6.41 Å². The summed E-state index contributed by atoms with van der Waals surface area (Å²) >= 11 is 0. The highest BCUT2D eigenvalue weighted by Crippen LogP contribution is 2.42. The number of nitrogens with zero attached hydrogens (tertiary/aromatic N) is 3. The molecular formula is C35H37Cl2F5N4O5. The van der Waals surface area contributed by atoms with E-state index in [0.717, 1.165) is 23.2 Å². The van der Waals surface area contributed by atoms with E-state index in [9.17, 15) is 27.6 Å². The summed E-state index contributed by atoms with van der Waals surface area (Å²) in [5, 5.41) is 3.98. The Balaban J connectivity index is 0.00000351. The summed E-state index contributed by atoms with van der Waals surface area (Å²) in [7, 11) is 2.29. The van der Waals surface area contributed by atoms with Gasteiger partial charge in [0.25, 0.3) is 0 Å². The number of esters is 1. The molecule has 2 heterocycles. The van der Waals surface area contributed by atoms with Gasteiger partial charge in [-0.05, 0) is 86.4 Å². The van der Waals surface area contributed by atoms with Gasteiger partial charge in [-0.3, -0.25) is 9.80 Å². The van der Waals surface area contributed by atoms with Gasteiger partial charge in [-0.2, -0.15) is 0 Å². The van der Waals surface area contributed by atoms with Crippen molar-refractivity contribution >= 4 is 43.2 Å². The fraction of sp³-hybridized carbons (Fsp3) is 0.343. The third-order valence-corrected chi connectivity index (χ3v) is 9.12. The number of piperidine rings is 1. The van der Waals surface area contributed by atoms with E-state index in [1.54, 1.807) is 24.3 Å². The Morgan fingerprint density at radius 3 is 1.96 bits per heavy atom. The molecule has 1 saturated heterocycles. The molecular weight excluding hydrogens is 722 g/mol. The lowest BCUT2D eigenvalue weighted by atomic mass is 9.68. The Hall–Kier alpha value is -4.24. The lowest BCUT2D eigenvalue weighted by Crippen LogP contribution is -2.57. The van der Waals surface area contributed by atoms with Gasteiger partial charge in [-0.25, -0.2) is 36.6 Å². The smallest absolute Gasteiger partial charge is 0.341 e. The van der Waals surface area contributed by atoms with Crippen molar-refractivity contribution in [2.75, 3.05) is 47.0 Å². The van der Waals surface area contributed by atoms with Crippen molar-refractivity contribution in [1.82, 2.24) is 20.2 Å². The maximum absolute atomic E-state index is 15.3. The summed E-state index contributed by atoms with van der Waals surface area (Å²) in [4.78, 5) is 41.1. The van der Waals surface area contributed by atoms with Crippen molar-refractivity contribution in [1.29, 1.82) is 0 Å². The van der Waals surface area contributed by atoms with Crippen molar-refractivity contribution < 1.29 is 45.8 Å². The van der Waals surface area contributed by atoms with Crippen LogP contribution in [-0.2, 0) is 24.5 Å². The number of hydrogen-bond acceptors (Lipinski definition) is 6. The number of ether oxygens (including phenoxy) is 2. The summed E-state index contributed by atoms with van der Waals surface area (Å²) in [5.74, 6) is -6.16. The third kappa shape index (κ3) is 8.46. The molecule has 2 aliphatic rings. The van der Waals surface area contributed by atoms with E-state index in [0.29, 0.717) is 49.6 Å². The van der Waals surface area contributed by atoms with E-state index in [2.05, 4.69) is 10.2 Å². The maximum atomic E-state index is 15.3. The average Bonchev–Trinajstić information content (AvgIpc) is 3.10. The van der Waals surface area contributed by atoms with Crippen molar-refractivity contribution in [3.8, 4) is 0 Å². The number of amides is 3. The third-order valence-electron chi connectivity index (χ3n) is 9.12. The van der Waals surface area contributed by atoms with Gasteiger partial charge in [0.1, 0.15) is 23.5 Å². The van der Waals surface area contributed by atoms with Crippen LogP contribution in [-0.4, -0.2) is 80.3 Å². The number of hydrogen-bond donors (Lipinski definition) is 1. The number of halogens is 7. The predicted octanol–water partition coefficient (Wildman–Crippen LogP) is 6.21. The summed E-state index contributed by atoms with van der Waals surface area (Å²) in [5.41, 5.74) is -0.296. The quantitative estimate of drug-likeness (QED) is 0.102. The van der Waals surface area contributed by atoms with Crippen molar-refractivity contribution in [2.45, 2.75) is 30.7 Å². The molecule has 0 aliphatic carbocycles. The first kappa shape index (κ1) is 41.2. The van der Waals surface area contributed by atoms with Crippen LogP contribution in [0.4, 0.5) is 26.7 Å². The molecule has 0 spiro atoms. The topological polar surface area (TPSA) is 91.4 Å². The second kappa shape index (κ2) is 17.8. The Kier molecular flexibility index (Phi) is 14.4. The molecule has 3 aromatic carbocycles. The van der Waals surface area contributed by atoms with Gasteiger partial charge in [-0.15, -0.1) is 24.8 Å². The van der Waals surface area contributed by atoms with E-state index < -0.39 is 52.0 Å². The van der Waals surface area contributed by atoms with E-state index in [-0.39, 0.29) is 68.1 Å². The van der Waals surface area contributed by atoms with E-state index in [4.69, 9.17) is 9.47 Å². The molecule has 1 unspecified atom stereocenters. The van der Waals surface area contributed by atoms with Gasteiger partial charge in [0, 0.05) is 19.1 Å². The molecule has 9 nitrogen and oxygen atoms in total. The molecule has 0 saturated carbocycles. The molecule has 0 aromatic heterocycles. The zero-order valence-corrected chi connectivity index (χ0v) is 29.3. The average molecular weight is 760 g/mol. The van der Waals surface area contributed by atoms with Crippen LogP contribution in [0.1, 0.15) is 42.0 Å². The highest BCUT2D eigenvalue weighted by molar-refractivity contribution is 5.95. The summed E-state index contributed by atoms with van der Waals surface area (Å²) in [6.45, 7) is 1.10. The lowest BCUT2D eigenvalue weighted by Gasteiger charge is -2.44. The van der Waals surface area contributed by atoms with Crippen molar-refractivity contribution in [2.24, 2.45) is 0 Å². The van der Waals surface area contributed by atoms with Crippen LogP contribution in [0.3, 0.4) is 0 Å². The van der Waals surface area contributed by atoms with Gasteiger partial charge in [-0.1, -0.05) is 24.3 Å². The number of rotatable bonds is 12. The molecule has 276 valence electrons. The van der Waals surface area contributed by atoms with Crippen LogP contribution in [0.25, 0.3) is 0 Å². The molecule has 2 aliphatic heterocycles. The monoisotopic (exact) mass is 758 g/mol. The van der Waals surface area contributed by atoms with Gasteiger partial charge >= 0.3 is 12.0 Å². The molecule has 3 aromatic rings. The molecule has 3 amide bonds. The Bertz CT molecular complexity index is 1680. The fourth-order valence-electron chi connectivity index (χ4n) is 6.69. The van der Waals surface area contributed by atoms with Crippen LogP contribution in [0.2, 0.25) is 0 Å². The minimum atomic E-state index is -1.92. The SMILES string of the molecule is COCC1=C(C(=O)OC)C(c2c(F)ccc(F)c2F)N(N(C=O)CCCN2CCC(c3ccc(F)cc3)(c3ccc(F)cc3)CC2)C(=O)N1.Cl.Cl. The molecule has 1 atom stereocenters. The van der Waals surface area contributed by atoms with E-state index in [1.807, 2.05) is 0 Å². The van der Waals surface area contributed by atoms with Gasteiger partial charge in [0.15, 0.2) is 11.6 Å². The highest BCUT2D eigenvalue weighted by atomic mass is 35.5. The second-order valence-corrected chi connectivity index (χ2v) is 11.8. The molecule has 0 radical (unpaired) electrons.